The summed E-state index contributed by atoms with van der Waals surface area (Å²) < 4.78 is 5.29. The first-order chi connectivity index (χ1) is 11.8. The fourth-order valence-electron chi connectivity index (χ4n) is 2.96. The average molecular weight is 355 g/mol. The van der Waals surface area contributed by atoms with Crippen molar-refractivity contribution < 1.29 is 9.53 Å². The highest BCUT2D eigenvalue weighted by Gasteiger charge is 2.13. The van der Waals surface area contributed by atoms with Gasteiger partial charge in [-0.2, -0.15) is 0 Å². The predicted molar refractivity (Wildman–Crippen MR) is 110 cm³/mol. The van der Waals surface area contributed by atoms with E-state index >= 15 is 0 Å². The standard InChI is InChI=1S/C23H46O2/c1-21(2)18-16-14-12-10-8-6-7-9-11-13-15-17-19-22(24)25-20-23(3,4)5/h21H,6-20H2,1-5H3. The maximum atomic E-state index is 11.6. The van der Waals surface area contributed by atoms with E-state index in [2.05, 4.69) is 34.6 Å². The van der Waals surface area contributed by atoms with E-state index in [1.54, 1.807) is 0 Å². The van der Waals surface area contributed by atoms with Crippen LogP contribution in [0.3, 0.4) is 0 Å². The lowest BCUT2D eigenvalue weighted by Gasteiger charge is -2.17. The zero-order chi connectivity index (χ0) is 19.0. The Bertz CT molecular complexity index is 302. The normalized spacial score (nSPS) is 11.9. The smallest absolute Gasteiger partial charge is 0.305 e. The van der Waals surface area contributed by atoms with Crippen LogP contribution in [0.4, 0.5) is 0 Å². The molecule has 0 atom stereocenters. The maximum absolute atomic E-state index is 11.6. The fourth-order valence-corrected chi connectivity index (χ4v) is 2.96. The summed E-state index contributed by atoms with van der Waals surface area (Å²) in [6, 6.07) is 0. The highest BCUT2D eigenvalue weighted by Crippen LogP contribution is 2.15. The van der Waals surface area contributed by atoms with E-state index in [9.17, 15) is 4.79 Å². The van der Waals surface area contributed by atoms with Crippen molar-refractivity contribution in [1.82, 2.24) is 0 Å². The van der Waals surface area contributed by atoms with Gasteiger partial charge in [-0.25, -0.2) is 0 Å². The number of esters is 1. The number of hydrogen-bond acceptors (Lipinski definition) is 2. The lowest BCUT2D eigenvalue weighted by atomic mass is 9.99. The van der Waals surface area contributed by atoms with E-state index in [-0.39, 0.29) is 11.4 Å². The SMILES string of the molecule is CC(C)CCCCCCCCCCCCCCC(=O)OCC(C)(C)C. The Morgan fingerprint density at radius 2 is 1.12 bits per heavy atom. The van der Waals surface area contributed by atoms with Crippen molar-refractivity contribution in [3.63, 3.8) is 0 Å². The molecule has 0 aliphatic carbocycles. The van der Waals surface area contributed by atoms with Gasteiger partial charge in [0.05, 0.1) is 6.61 Å². The zero-order valence-electron chi connectivity index (χ0n) is 18.0. The largest absolute Gasteiger partial charge is 0.465 e. The van der Waals surface area contributed by atoms with Gasteiger partial charge in [-0.1, -0.05) is 112 Å². The Morgan fingerprint density at radius 3 is 1.52 bits per heavy atom. The minimum Gasteiger partial charge on any atom is -0.465 e. The van der Waals surface area contributed by atoms with E-state index < -0.39 is 0 Å². The van der Waals surface area contributed by atoms with E-state index in [4.69, 9.17) is 4.74 Å². The average Bonchev–Trinajstić information content (AvgIpc) is 2.52. The van der Waals surface area contributed by atoms with Gasteiger partial charge in [-0.15, -0.1) is 0 Å². The summed E-state index contributed by atoms with van der Waals surface area (Å²) in [5.41, 5.74) is 0.0732. The molecule has 150 valence electrons. The molecule has 0 fully saturated rings. The van der Waals surface area contributed by atoms with E-state index in [0.29, 0.717) is 13.0 Å². The van der Waals surface area contributed by atoms with Gasteiger partial charge in [-0.05, 0) is 17.8 Å². The second-order valence-corrected chi connectivity index (χ2v) is 9.40. The molecule has 0 bridgehead atoms. The van der Waals surface area contributed by atoms with Crippen LogP contribution in [0, 0.1) is 11.3 Å². The van der Waals surface area contributed by atoms with Gasteiger partial charge >= 0.3 is 5.97 Å². The zero-order valence-corrected chi connectivity index (χ0v) is 18.0. The number of unbranched alkanes of at least 4 members (excludes halogenated alkanes) is 11. The van der Waals surface area contributed by atoms with Crippen LogP contribution in [0.15, 0.2) is 0 Å². The van der Waals surface area contributed by atoms with Crippen molar-refractivity contribution in [1.29, 1.82) is 0 Å². The third-order valence-electron chi connectivity index (χ3n) is 4.58. The number of carbonyl (C=O) groups is 1. The molecule has 2 nitrogen and oxygen atoms in total. The van der Waals surface area contributed by atoms with Gasteiger partial charge in [0.2, 0.25) is 0 Å². The lowest BCUT2D eigenvalue weighted by Crippen LogP contribution is -2.18. The molecule has 0 heterocycles. The molecule has 0 unspecified atom stereocenters. The van der Waals surface area contributed by atoms with Crippen molar-refractivity contribution in [2.45, 2.75) is 125 Å². The van der Waals surface area contributed by atoms with Crippen molar-refractivity contribution in [2.75, 3.05) is 6.61 Å². The van der Waals surface area contributed by atoms with Gasteiger partial charge in [0, 0.05) is 6.42 Å². The molecule has 0 aromatic rings. The molecule has 0 radical (unpaired) electrons. The van der Waals surface area contributed by atoms with Crippen LogP contribution >= 0.6 is 0 Å². The number of rotatable bonds is 16. The van der Waals surface area contributed by atoms with Crippen LogP contribution in [-0.2, 0) is 9.53 Å². The number of hydrogen-bond donors (Lipinski definition) is 0. The van der Waals surface area contributed by atoms with E-state index in [1.165, 1.54) is 77.0 Å². The van der Waals surface area contributed by atoms with E-state index in [0.717, 1.165) is 12.3 Å². The van der Waals surface area contributed by atoms with Crippen molar-refractivity contribution in [3.05, 3.63) is 0 Å². The molecule has 0 aromatic carbocycles. The molecule has 0 rings (SSSR count). The van der Waals surface area contributed by atoms with Crippen molar-refractivity contribution in [2.24, 2.45) is 11.3 Å². The van der Waals surface area contributed by atoms with E-state index in [1.807, 2.05) is 0 Å². The summed E-state index contributed by atoms with van der Waals surface area (Å²) in [7, 11) is 0. The molecule has 0 saturated heterocycles. The summed E-state index contributed by atoms with van der Waals surface area (Å²) in [6.45, 7) is 11.4. The maximum Gasteiger partial charge on any atom is 0.305 e. The molecule has 0 saturated carbocycles. The molecule has 25 heavy (non-hydrogen) atoms. The first-order valence-electron chi connectivity index (χ1n) is 11.0. The Balaban J connectivity index is 3.18. The van der Waals surface area contributed by atoms with Crippen molar-refractivity contribution in [3.8, 4) is 0 Å². The summed E-state index contributed by atoms with van der Waals surface area (Å²) >= 11 is 0. The molecular formula is C23H46O2. The van der Waals surface area contributed by atoms with Crippen LogP contribution in [0.1, 0.15) is 125 Å². The minimum absolute atomic E-state index is 0.0247. The Labute approximate surface area is 158 Å². The first-order valence-corrected chi connectivity index (χ1v) is 11.0. The fraction of sp³-hybridized carbons (Fsp3) is 0.957. The van der Waals surface area contributed by atoms with Crippen molar-refractivity contribution >= 4 is 5.97 Å². The lowest BCUT2D eigenvalue weighted by molar-refractivity contribution is -0.146. The van der Waals surface area contributed by atoms with Gasteiger partial charge in [0.25, 0.3) is 0 Å². The third-order valence-corrected chi connectivity index (χ3v) is 4.58. The highest BCUT2D eigenvalue weighted by molar-refractivity contribution is 5.69. The van der Waals surface area contributed by atoms with Crippen LogP contribution in [0.5, 0.6) is 0 Å². The van der Waals surface area contributed by atoms with Gasteiger partial charge < -0.3 is 4.74 Å². The molecule has 0 N–H and O–H groups in total. The summed E-state index contributed by atoms with van der Waals surface area (Å²) in [5, 5.41) is 0. The molecular weight excluding hydrogens is 308 g/mol. The van der Waals surface area contributed by atoms with Gasteiger partial charge in [-0.3, -0.25) is 4.79 Å². The molecule has 0 amide bonds. The van der Waals surface area contributed by atoms with Crippen LogP contribution in [0.2, 0.25) is 0 Å². The molecule has 0 aliphatic heterocycles. The Hall–Kier alpha value is -0.530. The van der Waals surface area contributed by atoms with Gasteiger partial charge in [0.15, 0.2) is 0 Å². The molecule has 2 heteroatoms. The summed E-state index contributed by atoms with van der Waals surface area (Å²) in [6.07, 6.45) is 18.0. The molecule has 0 aliphatic rings. The Morgan fingerprint density at radius 1 is 0.720 bits per heavy atom. The second-order valence-electron chi connectivity index (χ2n) is 9.40. The Kier molecular flexibility index (Phi) is 15.4. The topological polar surface area (TPSA) is 26.3 Å². The number of ether oxygens (including phenoxy) is 1. The highest BCUT2D eigenvalue weighted by atomic mass is 16.5. The minimum atomic E-state index is -0.0247. The predicted octanol–water partition coefficient (Wildman–Crippen LogP) is 7.69. The first kappa shape index (κ1) is 24.5. The molecule has 0 spiro atoms. The van der Waals surface area contributed by atoms with Crippen LogP contribution in [-0.4, -0.2) is 12.6 Å². The van der Waals surface area contributed by atoms with Crippen LogP contribution in [0.25, 0.3) is 0 Å². The quantitative estimate of drug-likeness (QED) is 0.210. The second kappa shape index (κ2) is 15.7. The number of carbonyl (C=O) groups excluding carboxylic acids is 1. The summed E-state index contributed by atoms with van der Waals surface area (Å²) in [5.74, 6) is 0.845. The molecule has 0 aromatic heterocycles. The third kappa shape index (κ3) is 21.4. The van der Waals surface area contributed by atoms with Gasteiger partial charge in [0.1, 0.15) is 0 Å². The van der Waals surface area contributed by atoms with Crippen LogP contribution < -0.4 is 0 Å². The monoisotopic (exact) mass is 354 g/mol. The summed E-state index contributed by atoms with van der Waals surface area (Å²) in [4.78, 5) is 11.6.